The number of carbonyl (C=O) groups is 1. The van der Waals surface area contributed by atoms with E-state index in [1.807, 2.05) is 17.2 Å². The van der Waals surface area contributed by atoms with Crippen LogP contribution in [-0.4, -0.2) is 46.1 Å². The lowest BCUT2D eigenvalue weighted by molar-refractivity contribution is 0.0706. The summed E-state index contributed by atoms with van der Waals surface area (Å²) in [6.07, 6.45) is 6.65. The van der Waals surface area contributed by atoms with E-state index in [1.54, 1.807) is 19.3 Å². The van der Waals surface area contributed by atoms with E-state index >= 15 is 0 Å². The van der Waals surface area contributed by atoms with E-state index < -0.39 is 0 Å². The van der Waals surface area contributed by atoms with Gasteiger partial charge in [-0.05, 0) is 37.0 Å². The molecule has 0 saturated carbocycles. The van der Waals surface area contributed by atoms with Crippen molar-refractivity contribution in [1.82, 2.24) is 20.1 Å². The summed E-state index contributed by atoms with van der Waals surface area (Å²) in [5, 5.41) is 10.3. The summed E-state index contributed by atoms with van der Waals surface area (Å²) in [6, 6.07) is 3.64. The summed E-state index contributed by atoms with van der Waals surface area (Å²) in [4.78, 5) is 19.0. The van der Waals surface area contributed by atoms with Crippen LogP contribution in [0.4, 0.5) is 5.82 Å². The van der Waals surface area contributed by atoms with Gasteiger partial charge in [-0.1, -0.05) is 6.92 Å². The Morgan fingerprint density at radius 1 is 1.52 bits per heavy atom. The molecule has 2 aromatic heterocycles. The third-order valence-corrected chi connectivity index (χ3v) is 4.52. The fourth-order valence-corrected chi connectivity index (χ4v) is 3.30. The molecule has 2 aromatic rings. The van der Waals surface area contributed by atoms with Crippen LogP contribution in [-0.2, 0) is 6.42 Å². The molecule has 3 rings (SSSR count). The van der Waals surface area contributed by atoms with Gasteiger partial charge in [0.05, 0.1) is 11.8 Å². The minimum Gasteiger partial charge on any atom is -0.372 e. The molecule has 0 aliphatic carbocycles. The third kappa shape index (κ3) is 3.06. The highest BCUT2D eigenvalue weighted by molar-refractivity contribution is 5.98. The van der Waals surface area contributed by atoms with Gasteiger partial charge in [0.1, 0.15) is 5.82 Å². The highest BCUT2D eigenvalue weighted by atomic mass is 16.2. The van der Waals surface area contributed by atoms with Crippen molar-refractivity contribution in [2.75, 3.05) is 25.5 Å². The van der Waals surface area contributed by atoms with E-state index in [4.69, 9.17) is 0 Å². The normalized spacial score (nSPS) is 18.0. The van der Waals surface area contributed by atoms with Crippen molar-refractivity contribution in [2.24, 2.45) is 0 Å². The zero-order chi connectivity index (χ0) is 16.2. The minimum atomic E-state index is 0.0460. The number of hydrogen-bond donors (Lipinski definition) is 2. The zero-order valence-corrected chi connectivity index (χ0v) is 13.7. The molecule has 6 nitrogen and oxygen atoms in total. The number of carbonyl (C=O) groups excluding carboxylic acids is 1. The first kappa shape index (κ1) is 15.5. The molecule has 0 radical (unpaired) electrons. The number of hydrogen-bond acceptors (Lipinski definition) is 4. The average molecular weight is 313 g/mol. The maximum Gasteiger partial charge on any atom is 0.257 e. The molecule has 23 heavy (non-hydrogen) atoms. The third-order valence-electron chi connectivity index (χ3n) is 4.52. The fraction of sp³-hybridized carbons (Fsp3) is 0.471. The van der Waals surface area contributed by atoms with Gasteiger partial charge in [0.15, 0.2) is 0 Å². The van der Waals surface area contributed by atoms with E-state index in [0.717, 1.165) is 32.4 Å². The standard InChI is InChI=1S/C17H23N5O/c1-3-12-10-20-21-15(12)13-6-5-9-22(11-13)17(23)14-7-4-8-19-16(14)18-2/h4,7-8,10,13H,3,5-6,9,11H2,1-2H3,(H,18,19)(H,20,21)/t13-/m0/s1. The van der Waals surface area contributed by atoms with Gasteiger partial charge in [-0.15, -0.1) is 0 Å². The summed E-state index contributed by atoms with van der Waals surface area (Å²) in [6.45, 7) is 3.66. The molecular formula is C17H23N5O. The molecule has 0 aromatic carbocycles. The first-order valence-corrected chi connectivity index (χ1v) is 8.18. The molecule has 2 N–H and O–H groups in total. The van der Waals surface area contributed by atoms with E-state index in [1.165, 1.54) is 11.3 Å². The molecule has 1 aliphatic heterocycles. The Morgan fingerprint density at radius 3 is 3.17 bits per heavy atom. The Balaban J connectivity index is 1.79. The maximum atomic E-state index is 12.9. The van der Waals surface area contributed by atoms with Gasteiger partial charge in [0.2, 0.25) is 0 Å². The van der Waals surface area contributed by atoms with E-state index in [2.05, 4.69) is 27.4 Å². The van der Waals surface area contributed by atoms with Crippen LogP contribution in [0.3, 0.4) is 0 Å². The number of H-pyrrole nitrogens is 1. The highest BCUT2D eigenvalue weighted by Gasteiger charge is 2.28. The lowest BCUT2D eigenvalue weighted by Gasteiger charge is -2.33. The summed E-state index contributed by atoms with van der Waals surface area (Å²) >= 11 is 0. The van der Waals surface area contributed by atoms with Gasteiger partial charge < -0.3 is 10.2 Å². The number of likely N-dealkylation sites (tertiary alicyclic amines) is 1. The molecule has 122 valence electrons. The number of amides is 1. The SMILES string of the molecule is CCc1cn[nH]c1[C@H]1CCCN(C(=O)c2cccnc2NC)C1. The predicted octanol–water partition coefficient (Wildman–Crippen LogP) is 2.43. The molecule has 3 heterocycles. The molecule has 1 amide bonds. The number of pyridine rings is 1. The Kier molecular flexibility index (Phi) is 4.60. The molecule has 6 heteroatoms. The van der Waals surface area contributed by atoms with Gasteiger partial charge in [0, 0.05) is 37.9 Å². The predicted molar refractivity (Wildman–Crippen MR) is 89.6 cm³/mol. The molecular weight excluding hydrogens is 290 g/mol. The lowest BCUT2D eigenvalue weighted by Crippen LogP contribution is -2.39. The van der Waals surface area contributed by atoms with Crippen LogP contribution < -0.4 is 5.32 Å². The second-order valence-corrected chi connectivity index (χ2v) is 5.90. The van der Waals surface area contributed by atoms with E-state index in [9.17, 15) is 4.79 Å². The summed E-state index contributed by atoms with van der Waals surface area (Å²) < 4.78 is 0. The number of aryl methyl sites for hydroxylation is 1. The molecule has 0 unspecified atom stereocenters. The van der Waals surface area contributed by atoms with Crippen LogP contribution in [0.2, 0.25) is 0 Å². The molecule has 1 saturated heterocycles. The molecule has 0 spiro atoms. The van der Waals surface area contributed by atoms with Crippen LogP contribution in [0.5, 0.6) is 0 Å². The van der Waals surface area contributed by atoms with Crippen molar-refractivity contribution in [2.45, 2.75) is 32.1 Å². The summed E-state index contributed by atoms with van der Waals surface area (Å²) in [5.74, 6) is 1.01. The van der Waals surface area contributed by atoms with Crippen LogP contribution >= 0.6 is 0 Å². The number of rotatable bonds is 4. The van der Waals surface area contributed by atoms with E-state index in [0.29, 0.717) is 17.3 Å². The Hall–Kier alpha value is -2.37. The van der Waals surface area contributed by atoms with Gasteiger partial charge >= 0.3 is 0 Å². The van der Waals surface area contributed by atoms with Crippen molar-refractivity contribution in [3.63, 3.8) is 0 Å². The number of anilines is 1. The quantitative estimate of drug-likeness (QED) is 0.909. The Labute approximate surface area is 136 Å². The van der Waals surface area contributed by atoms with Crippen LogP contribution in [0.25, 0.3) is 0 Å². The summed E-state index contributed by atoms with van der Waals surface area (Å²) in [7, 11) is 1.79. The zero-order valence-electron chi connectivity index (χ0n) is 13.7. The fourth-order valence-electron chi connectivity index (χ4n) is 3.30. The molecule has 0 bridgehead atoms. The number of aromatic nitrogens is 3. The second-order valence-electron chi connectivity index (χ2n) is 5.90. The van der Waals surface area contributed by atoms with Crippen molar-refractivity contribution < 1.29 is 4.79 Å². The monoisotopic (exact) mass is 313 g/mol. The van der Waals surface area contributed by atoms with Crippen molar-refractivity contribution in [1.29, 1.82) is 0 Å². The number of piperidine rings is 1. The average Bonchev–Trinajstić information content (AvgIpc) is 3.10. The van der Waals surface area contributed by atoms with E-state index in [-0.39, 0.29) is 5.91 Å². The first-order chi connectivity index (χ1) is 11.2. The molecule has 1 aliphatic rings. The van der Waals surface area contributed by atoms with Crippen LogP contribution in [0.1, 0.15) is 47.3 Å². The van der Waals surface area contributed by atoms with Gasteiger partial charge in [-0.2, -0.15) is 5.10 Å². The van der Waals surface area contributed by atoms with Crippen LogP contribution in [0, 0.1) is 0 Å². The van der Waals surface area contributed by atoms with Gasteiger partial charge in [0.25, 0.3) is 5.91 Å². The number of nitrogens with zero attached hydrogens (tertiary/aromatic N) is 3. The number of aromatic amines is 1. The van der Waals surface area contributed by atoms with Gasteiger partial charge in [-0.25, -0.2) is 4.98 Å². The largest absolute Gasteiger partial charge is 0.372 e. The van der Waals surface area contributed by atoms with Crippen molar-refractivity contribution >= 4 is 11.7 Å². The minimum absolute atomic E-state index is 0.0460. The second kappa shape index (κ2) is 6.81. The first-order valence-electron chi connectivity index (χ1n) is 8.18. The van der Waals surface area contributed by atoms with Gasteiger partial charge in [-0.3, -0.25) is 9.89 Å². The Morgan fingerprint density at radius 2 is 2.39 bits per heavy atom. The molecule has 1 fully saturated rings. The summed E-state index contributed by atoms with van der Waals surface area (Å²) in [5.41, 5.74) is 3.07. The maximum absolute atomic E-state index is 12.9. The molecule has 1 atom stereocenters. The smallest absolute Gasteiger partial charge is 0.257 e. The van der Waals surface area contributed by atoms with Crippen LogP contribution in [0.15, 0.2) is 24.5 Å². The lowest BCUT2D eigenvalue weighted by atomic mass is 9.91. The highest BCUT2D eigenvalue weighted by Crippen LogP contribution is 2.29. The number of nitrogens with one attached hydrogen (secondary N) is 2. The topological polar surface area (TPSA) is 73.9 Å². The van der Waals surface area contributed by atoms with Crippen molar-refractivity contribution in [3.05, 3.63) is 41.3 Å². The van der Waals surface area contributed by atoms with Crippen molar-refractivity contribution in [3.8, 4) is 0 Å². The Bertz CT molecular complexity index is 681.